The molecule has 2 aromatic carbocycles. The molecule has 0 radical (unpaired) electrons. The Hall–Kier alpha value is -3.64. The average molecular weight is 415 g/mol. The van der Waals surface area contributed by atoms with Gasteiger partial charge in [-0.25, -0.2) is 0 Å². The number of anilines is 1. The SMILES string of the molecule is O=C(Nc1ccc(C(=O)N2CCN(C/C=C/c3ccccc3)CC2)cc1)c1ccco1. The van der Waals surface area contributed by atoms with Crippen LogP contribution in [0.4, 0.5) is 5.69 Å². The molecule has 0 bridgehead atoms. The number of nitrogens with one attached hydrogen (secondary N) is 1. The lowest BCUT2D eigenvalue weighted by Gasteiger charge is -2.34. The maximum atomic E-state index is 12.8. The smallest absolute Gasteiger partial charge is 0.291 e. The predicted octanol–water partition coefficient (Wildman–Crippen LogP) is 4.00. The highest BCUT2D eigenvalue weighted by Gasteiger charge is 2.21. The number of rotatable bonds is 6. The normalized spacial score (nSPS) is 14.6. The predicted molar refractivity (Wildman–Crippen MR) is 121 cm³/mol. The van der Waals surface area contributed by atoms with E-state index in [1.807, 2.05) is 23.1 Å². The van der Waals surface area contributed by atoms with Crippen molar-refractivity contribution in [2.45, 2.75) is 0 Å². The van der Waals surface area contributed by atoms with Gasteiger partial charge < -0.3 is 14.6 Å². The van der Waals surface area contributed by atoms with Gasteiger partial charge in [-0.05, 0) is 42.0 Å². The fraction of sp³-hybridized carbons (Fsp3) is 0.200. The summed E-state index contributed by atoms with van der Waals surface area (Å²) in [5.41, 5.74) is 2.43. The number of amides is 2. The first-order valence-corrected chi connectivity index (χ1v) is 10.4. The standard InChI is InChI=1S/C25H25N3O3/c29-24(23-9-5-19-31-23)26-22-12-10-21(11-13-22)25(30)28-17-15-27(16-18-28)14-4-8-20-6-2-1-3-7-20/h1-13,19H,14-18H2,(H,26,29)/b8-4+. The van der Waals surface area contributed by atoms with Crippen LogP contribution in [-0.2, 0) is 0 Å². The number of furan rings is 1. The van der Waals surface area contributed by atoms with Gasteiger partial charge in [0.2, 0.25) is 0 Å². The zero-order valence-electron chi connectivity index (χ0n) is 17.2. The van der Waals surface area contributed by atoms with E-state index in [1.54, 1.807) is 36.4 Å². The minimum Gasteiger partial charge on any atom is -0.459 e. The molecular weight excluding hydrogens is 390 g/mol. The number of carbonyl (C=O) groups excluding carboxylic acids is 2. The van der Waals surface area contributed by atoms with Crippen LogP contribution in [0.25, 0.3) is 6.08 Å². The van der Waals surface area contributed by atoms with Crippen LogP contribution >= 0.6 is 0 Å². The fourth-order valence-corrected chi connectivity index (χ4v) is 3.51. The number of benzene rings is 2. The molecule has 0 saturated carbocycles. The summed E-state index contributed by atoms with van der Waals surface area (Å²) in [6, 6.07) is 20.5. The second kappa shape index (κ2) is 9.91. The summed E-state index contributed by atoms with van der Waals surface area (Å²) >= 11 is 0. The molecule has 1 aliphatic heterocycles. The molecular formula is C25H25N3O3. The number of nitrogens with zero attached hydrogens (tertiary/aromatic N) is 2. The maximum absolute atomic E-state index is 12.8. The zero-order chi connectivity index (χ0) is 21.5. The summed E-state index contributed by atoms with van der Waals surface area (Å²) in [4.78, 5) is 29.1. The third-order valence-corrected chi connectivity index (χ3v) is 5.27. The van der Waals surface area contributed by atoms with Crippen LogP contribution in [-0.4, -0.2) is 54.3 Å². The van der Waals surface area contributed by atoms with Gasteiger partial charge in [0, 0.05) is 44.0 Å². The van der Waals surface area contributed by atoms with Crippen LogP contribution in [0.2, 0.25) is 0 Å². The summed E-state index contributed by atoms with van der Waals surface area (Å²) in [7, 11) is 0. The summed E-state index contributed by atoms with van der Waals surface area (Å²) in [6.07, 6.45) is 5.75. The Bertz CT molecular complexity index is 1020. The monoisotopic (exact) mass is 415 g/mol. The van der Waals surface area contributed by atoms with Crippen molar-refractivity contribution in [2.24, 2.45) is 0 Å². The average Bonchev–Trinajstić information content (AvgIpc) is 3.36. The molecule has 1 fully saturated rings. The second-order valence-electron chi connectivity index (χ2n) is 7.41. The van der Waals surface area contributed by atoms with Gasteiger partial charge >= 0.3 is 0 Å². The lowest BCUT2D eigenvalue weighted by atomic mass is 10.1. The van der Waals surface area contributed by atoms with Crippen LogP contribution in [0.5, 0.6) is 0 Å². The van der Waals surface area contributed by atoms with Crippen LogP contribution in [0.3, 0.4) is 0 Å². The molecule has 2 amide bonds. The van der Waals surface area contributed by atoms with Gasteiger partial charge in [0.25, 0.3) is 11.8 Å². The molecule has 0 aliphatic carbocycles. The van der Waals surface area contributed by atoms with Gasteiger partial charge in [0.05, 0.1) is 6.26 Å². The molecule has 1 aromatic heterocycles. The van der Waals surface area contributed by atoms with Gasteiger partial charge in [-0.1, -0.05) is 42.5 Å². The quantitative estimate of drug-likeness (QED) is 0.661. The van der Waals surface area contributed by atoms with Crippen molar-refractivity contribution < 1.29 is 14.0 Å². The first kappa shape index (κ1) is 20.6. The van der Waals surface area contributed by atoms with Crippen molar-refractivity contribution in [2.75, 3.05) is 38.0 Å². The Morgan fingerprint density at radius 2 is 1.65 bits per heavy atom. The maximum Gasteiger partial charge on any atom is 0.291 e. The van der Waals surface area contributed by atoms with Crippen molar-refractivity contribution in [1.29, 1.82) is 0 Å². The first-order chi connectivity index (χ1) is 15.2. The highest BCUT2D eigenvalue weighted by Crippen LogP contribution is 2.15. The lowest BCUT2D eigenvalue weighted by molar-refractivity contribution is 0.0650. The first-order valence-electron chi connectivity index (χ1n) is 10.4. The topological polar surface area (TPSA) is 65.8 Å². The van der Waals surface area contributed by atoms with Crippen molar-refractivity contribution >= 4 is 23.6 Å². The summed E-state index contributed by atoms with van der Waals surface area (Å²) < 4.78 is 5.08. The molecule has 4 rings (SSSR count). The van der Waals surface area contributed by atoms with E-state index in [1.165, 1.54) is 11.8 Å². The lowest BCUT2D eigenvalue weighted by Crippen LogP contribution is -2.48. The minimum absolute atomic E-state index is 0.0170. The van der Waals surface area contributed by atoms with Crippen LogP contribution < -0.4 is 5.32 Å². The Labute approximate surface area is 181 Å². The molecule has 6 nitrogen and oxygen atoms in total. The van der Waals surface area contributed by atoms with Crippen molar-refractivity contribution in [3.05, 3.63) is 96.0 Å². The molecule has 1 saturated heterocycles. The summed E-state index contributed by atoms with van der Waals surface area (Å²) in [5, 5.41) is 2.76. The second-order valence-corrected chi connectivity index (χ2v) is 7.41. The Morgan fingerprint density at radius 3 is 2.32 bits per heavy atom. The van der Waals surface area contributed by atoms with E-state index in [2.05, 4.69) is 34.5 Å². The van der Waals surface area contributed by atoms with E-state index >= 15 is 0 Å². The molecule has 31 heavy (non-hydrogen) atoms. The van der Waals surface area contributed by atoms with Gasteiger partial charge in [-0.15, -0.1) is 0 Å². The third kappa shape index (κ3) is 5.49. The highest BCUT2D eigenvalue weighted by molar-refractivity contribution is 6.02. The number of hydrogen-bond acceptors (Lipinski definition) is 4. The van der Waals surface area contributed by atoms with Crippen molar-refractivity contribution in [1.82, 2.24) is 9.80 Å². The van der Waals surface area contributed by atoms with Crippen LogP contribution in [0.15, 0.2) is 83.5 Å². The third-order valence-electron chi connectivity index (χ3n) is 5.27. The molecule has 3 aromatic rings. The molecule has 0 unspecified atom stereocenters. The van der Waals surface area contributed by atoms with Crippen molar-refractivity contribution in [3.8, 4) is 0 Å². The summed E-state index contributed by atoms with van der Waals surface area (Å²) in [5.74, 6) is -0.0541. The fourth-order valence-electron chi connectivity index (χ4n) is 3.51. The minimum atomic E-state index is -0.318. The van der Waals surface area contributed by atoms with Crippen molar-refractivity contribution in [3.63, 3.8) is 0 Å². The molecule has 6 heteroatoms. The highest BCUT2D eigenvalue weighted by atomic mass is 16.3. The van der Waals surface area contributed by atoms with E-state index in [-0.39, 0.29) is 17.6 Å². The van der Waals surface area contributed by atoms with E-state index in [9.17, 15) is 9.59 Å². The Balaban J connectivity index is 1.25. The largest absolute Gasteiger partial charge is 0.459 e. The Morgan fingerprint density at radius 1 is 0.903 bits per heavy atom. The zero-order valence-corrected chi connectivity index (χ0v) is 17.2. The number of piperazine rings is 1. The number of hydrogen-bond donors (Lipinski definition) is 1. The molecule has 0 spiro atoms. The Kier molecular flexibility index (Phi) is 6.59. The van der Waals surface area contributed by atoms with Gasteiger partial charge in [-0.3, -0.25) is 14.5 Å². The van der Waals surface area contributed by atoms with E-state index in [4.69, 9.17) is 4.42 Å². The van der Waals surface area contributed by atoms with E-state index < -0.39 is 0 Å². The van der Waals surface area contributed by atoms with Gasteiger partial charge in [0.1, 0.15) is 0 Å². The van der Waals surface area contributed by atoms with E-state index in [0.29, 0.717) is 24.3 Å². The van der Waals surface area contributed by atoms with Crippen LogP contribution in [0.1, 0.15) is 26.5 Å². The van der Waals surface area contributed by atoms with Gasteiger partial charge in [0.15, 0.2) is 5.76 Å². The molecule has 158 valence electrons. The molecule has 1 aliphatic rings. The number of carbonyl (C=O) groups is 2. The molecule has 1 N–H and O–H groups in total. The molecule has 0 atom stereocenters. The molecule has 2 heterocycles. The van der Waals surface area contributed by atoms with E-state index in [0.717, 1.165) is 19.6 Å². The van der Waals surface area contributed by atoms with Crippen LogP contribution in [0, 0.1) is 0 Å². The summed E-state index contributed by atoms with van der Waals surface area (Å²) in [6.45, 7) is 3.98. The van der Waals surface area contributed by atoms with Gasteiger partial charge in [-0.2, -0.15) is 0 Å².